The summed E-state index contributed by atoms with van der Waals surface area (Å²) in [4.78, 5) is 20.5. The minimum absolute atomic E-state index is 0.0292. The van der Waals surface area contributed by atoms with E-state index >= 15 is 0 Å². The number of aromatic nitrogens is 1. The van der Waals surface area contributed by atoms with Crippen LogP contribution in [0.4, 0.5) is 10.1 Å². The van der Waals surface area contributed by atoms with Crippen LogP contribution in [-0.2, 0) is 6.42 Å². The molecule has 0 saturated carbocycles. The highest BCUT2D eigenvalue weighted by molar-refractivity contribution is 6.10. The Morgan fingerprint density at radius 3 is 2.58 bits per heavy atom. The second kappa shape index (κ2) is 9.26. The zero-order valence-corrected chi connectivity index (χ0v) is 17.2. The minimum atomic E-state index is -0.575. The summed E-state index contributed by atoms with van der Waals surface area (Å²) in [6.45, 7) is 2.41. The van der Waals surface area contributed by atoms with Crippen molar-refractivity contribution in [3.05, 3.63) is 102 Å². The first-order valence-corrected chi connectivity index (χ1v) is 10.1. The molecule has 4 aromatic rings. The Labute approximate surface area is 180 Å². The third-order valence-corrected chi connectivity index (χ3v) is 5.07. The summed E-state index contributed by atoms with van der Waals surface area (Å²) in [5, 5.41) is 7.05. The van der Waals surface area contributed by atoms with Gasteiger partial charge in [-0.05, 0) is 48.7 Å². The van der Waals surface area contributed by atoms with Gasteiger partial charge in [-0.1, -0.05) is 48.5 Å². The second-order valence-electron chi connectivity index (χ2n) is 7.21. The lowest BCUT2D eigenvalue weighted by Crippen LogP contribution is -2.37. The maximum Gasteiger partial charge on any atom is 0.260 e. The number of guanidine groups is 1. The van der Waals surface area contributed by atoms with E-state index in [0.717, 1.165) is 27.7 Å². The van der Waals surface area contributed by atoms with Crippen LogP contribution in [0.15, 0.2) is 84.0 Å². The van der Waals surface area contributed by atoms with Gasteiger partial charge < -0.3 is 10.3 Å². The maximum absolute atomic E-state index is 14.0. The van der Waals surface area contributed by atoms with E-state index in [-0.39, 0.29) is 11.5 Å². The van der Waals surface area contributed by atoms with E-state index in [1.165, 1.54) is 12.1 Å². The topological polar surface area (TPSA) is 69.3 Å². The van der Waals surface area contributed by atoms with Crippen molar-refractivity contribution in [1.82, 2.24) is 10.3 Å². The van der Waals surface area contributed by atoms with Crippen LogP contribution in [-0.4, -0.2) is 23.4 Å². The maximum atomic E-state index is 14.0. The van der Waals surface area contributed by atoms with Gasteiger partial charge in [-0.25, -0.2) is 4.39 Å². The number of aliphatic imine (C=N–C) groups is 1. The zero-order valence-electron chi connectivity index (χ0n) is 17.2. The summed E-state index contributed by atoms with van der Waals surface area (Å²) in [5.41, 5.74) is 4.02. The fourth-order valence-corrected chi connectivity index (χ4v) is 3.40. The molecule has 1 heterocycles. The van der Waals surface area contributed by atoms with E-state index in [4.69, 9.17) is 0 Å². The summed E-state index contributed by atoms with van der Waals surface area (Å²) in [5.74, 6) is -0.846. The predicted molar refractivity (Wildman–Crippen MR) is 123 cm³/mol. The van der Waals surface area contributed by atoms with Gasteiger partial charge in [0.2, 0.25) is 5.96 Å². The van der Waals surface area contributed by atoms with Crippen LogP contribution in [0.1, 0.15) is 21.5 Å². The number of carbonyl (C=O) groups excluding carboxylic acids is 1. The van der Waals surface area contributed by atoms with Gasteiger partial charge in [-0.3, -0.25) is 15.1 Å². The Morgan fingerprint density at radius 2 is 1.74 bits per heavy atom. The summed E-state index contributed by atoms with van der Waals surface area (Å²) < 4.78 is 14.0. The van der Waals surface area contributed by atoms with Crippen molar-refractivity contribution < 1.29 is 9.18 Å². The van der Waals surface area contributed by atoms with Crippen LogP contribution < -0.4 is 10.6 Å². The van der Waals surface area contributed by atoms with Gasteiger partial charge in [-0.15, -0.1) is 0 Å². The van der Waals surface area contributed by atoms with E-state index in [1.54, 1.807) is 12.1 Å². The smallest absolute Gasteiger partial charge is 0.260 e. The first kappa shape index (κ1) is 20.3. The number of carbonyl (C=O) groups is 1. The van der Waals surface area contributed by atoms with E-state index in [2.05, 4.69) is 26.7 Å². The molecular formula is C25H23FN4O. The number of para-hydroxylation sites is 2. The van der Waals surface area contributed by atoms with E-state index in [0.29, 0.717) is 13.0 Å². The van der Waals surface area contributed by atoms with Gasteiger partial charge in [-0.2, -0.15) is 0 Å². The molecule has 0 fully saturated rings. The number of amides is 1. The van der Waals surface area contributed by atoms with Gasteiger partial charge in [0.25, 0.3) is 5.91 Å². The van der Waals surface area contributed by atoms with Gasteiger partial charge >= 0.3 is 0 Å². The molecule has 0 unspecified atom stereocenters. The first-order chi connectivity index (χ1) is 15.1. The highest BCUT2D eigenvalue weighted by Crippen LogP contribution is 2.18. The van der Waals surface area contributed by atoms with Crippen molar-refractivity contribution in [3.63, 3.8) is 0 Å². The van der Waals surface area contributed by atoms with Crippen molar-refractivity contribution in [2.45, 2.75) is 13.3 Å². The lowest BCUT2D eigenvalue weighted by Gasteiger charge is -2.14. The number of aromatic amines is 1. The normalized spacial score (nSPS) is 11.5. The van der Waals surface area contributed by atoms with Crippen LogP contribution in [0.3, 0.4) is 0 Å². The molecule has 3 N–H and O–H groups in total. The number of halogens is 1. The molecule has 0 aliphatic carbocycles. The highest BCUT2D eigenvalue weighted by atomic mass is 19.1. The summed E-state index contributed by atoms with van der Waals surface area (Å²) >= 11 is 0. The molecule has 156 valence electrons. The Morgan fingerprint density at radius 1 is 1.00 bits per heavy atom. The fourth-order valence-electron chi connectivity index (χ4n) is 3.40. The minimum Gasteiger partial charge on any atom is -0.361 e. The first-order valence-electron chi connectivity index (χ1n) is 10.1. The van der Waals surface area contributed by atoms with Crippen LogP contribution in [0.5, 0.6) is 0 Å². The summed E-state index contributed by atoms with van der Waals surface area (Å²) in [7, 11) is 0. The number of H-pyrrole nitrogens is 1. The molecular weight excluding hydrogens is 391 g/mol. The largest absolute Gasteiger partial charge is 0.361 e. The quantitative estimate of drug-likeness (QED) is 0.316. The number of rotatable bonds is 5. The predicted octanol–water partition coefficient (Wildman–Crippen LogP) is 5.06. The molecule has 31 heavy (non-hydrogen) atoms. The third kappa shape index (κ3) is 4.80. The number of anilines is 1. The summed E-state index contributed by atoms with van der Waals surface area (Å²) in [6.07, 6.45) is 2.67. The molecule has 6 heteroatoms. The molecule has 5 nitrogen and oxygen atoms in total. The van der Waals surface area contributed by atoms with Crippen LogP contribution in [0, 0.1) is 12.7 Å². The third-order valence-electron chi connectivity index (χ3n) is 5.07. The average molecular weight is 414 g/mol. The molecule has 3 aromatic carbocycles. The Balaban J connectivity index is 1.54. The van der Waals surface area contributed by atoms with Gasteiger partial charge in [0.05, 0.1) is 5.56 Å². The van der Waals surface area contributed by atoms with Crippen LogP contribution in [0.2, 0.25) is 0 Å². The number of nitrogens with zero attached hydrogens (tertiary/aromatic N) is 1. The van der Waals surface area contributed by atoms with E-state index in [9.17, 15) is 9.18 Å². The molecule has 0 bridgehead atoms. The molecule has 0 radical (unpaired) electrons. The lowest BCUT2D eigenvalue weighted by molar-refractivity contribution is 0.0973. The number of aryl methyl sites for hydroxylation is 1. The standard InChI is InChI=1S/C25H23FN4O/c1-17-8-2-6-12-22(17)29-25(30-24(31)20-10-3-5-11-21(20)26)27-15-14-18-16-28-23-13-7-4-9-19(18)23/h2-13,16,28H,14-15H2,1H3,(H2,27,29,30,31). The number of hydrogen-bond acceptors (Lipinski definition) is 2. The monoisotopic (exact) mass is 414 g/mol. The SMILES string of the molecule is Cc1ccccc1NC(=NCCc1c[nH]c2ccccc12)NC(=O)c1ccccc1F. The molecule has 0 aliphatic heterocycles. The Kier molecular flexibility index (Phi) is 6.08. The van der Waals surface area contributed by atoms with Crippen molar-refractivity contribution in [2.75, 3.05) is 11.9 Å². The Bertz CT molecular complexity index is 1250. The number of nitrogens with one attached hydrogen (secondary N) is 3. The fraction of sp³-hybridized carbons (Fsp3) is 0.120. The van der Waals surface area contributed by atoms with Crippen molar-refractivity contribution in [3.8, 4) is 0 Å². The lowest BCUT2D eigenvalue weighted by atomic mass is 10.1. The second-order valence-corrected chi connectivity index (χ2v) is 7.21. The highest BCUT2D eigenvalue weighted by Gasteiger charge is 2.14. The molecule has 0 atom stereocenters. The molecule has 1 aromatic heterocycles. The zero-order chi connectivity index (χ0) is 21.6. The van der Waals surface area contributed by atoms with Gasteiger partial charge in [0.15, 0.2) is 0 Å². The Hall–Kier alpha value is -3.93. The van der Waals surface area contributed by atoms with Crippen LogP contribution >= 0.6 is 0 Å². The number of hydrogen-bond donors (Lipinski definition) is 3. The van der Waals surface area contributed by atoms with Gasteiger partial charge in [0, 0.05) is 29.3 Å². The summed E-state index contributed by atoms with van der Waals surface area (Å²) in [6, 6.07) is 21.7. The van der Waals surface area contributed by atoms with Crippen molar-refractivity contribution in [1.29, 1.82) is 0 Å². The van der Waals surface area contributed by atoms with Crippen LogP contribution in [0.25, 0.3) is 10.9 Å². The van der Waals surface area contributed by atoms with Crippen molar-refractivity contribution >= 4 is 28.5 Å². The molecule has 0 spiro atoms. The van der Waals surface area contributed by atoms with E-state index < -0.39 is 11.7 Å². The average Bonchev–Trinajstić information content (AvgIpc) is 3.18. The number of benzene rings is 3. The molecule has 0 saturated heterocycles. The van der Waals surface area contributed by atoms with Gasteiger partial charge in [0.1, 0.15) is 5.82 Å². The number of fused-ring (bicyclic) bond motifs is 1. The van der Waals surface area contributed by atoms with E-state index in [1.807, 2.05) is 55.6 Å². The molecule has 1 amide bonds. The molecule has 0 aliphatic rings. The molecule has 4 rings (SSSR count). The van der Waals surface area contributed by atoms with Crippen molar-refractivity contribution in [2.24, 2.45) is 4.99 Å².